The molecule has 0 aromatic carbocycles. The number of hydrazone groups is 1. The second kappa shape index (κ2) is 9.05. The van der Waals surface area contributed by atoms with Gasteiger partial charge in [0.2, 0.25) is 5.79 Å². The van der Waals surface area contributed by atoms with Crippen molar-refractivity contribution in [2.45, 2.75) is 56.6 Å². The standard InChI is InChI=1S/C23H28FN7O2S/c1-4-33-15-9-14(10-15)31-12-18(20(30(31)3)17-7-5-6-8-25-17)27-21(32)19-13-34-22(28-19)16-11-26-29-23(16,2)24/h5-8,11-16,20,29H,4,9-10H2,1-3H3,(H,27,32). The number of nitrogens with zero attached hydrogens (tertiary/aromatic N) is 5. The Balaban J connectivity index is 1.35. The second-order valence-electron chi connectivity index (χ2n) is 8.87. The van der Waals surface area contributed by atoms with E-state index < -0.39 is 11.7 Å². The van der Waals surface area contributed by atoms with Crippen LogP contribution in [0.3, 0.4) is 0 Å². The molecule has 0 bridgehead atoms. The van der Waals surface area contributed by atoms with Crippen LogP contribution >= 0.6 is 11.3 Å². The van der Waals surface area contributed by atoms with Crippen molar-refractivity contribution in [1.29, 1.82) is 0 Å². The molecule has 9 nitrogen and oxygen atoms in total. The number of halogens is 1. The van der Waals surface area contributed by atoms with Crippen LogP contribution in [0.2, 0.25) is 0 Å². The highest BCUT2D eigenvalue weighted by Gasteiger charge is 2.43. The maximum absolute atomic E-state index is 14.6. The number of pyridine rings is 1. The van der Waals surface area contributed by atoms with Crippen molar-refractivity contribution in [1.82, 2.24) is 30.7 Å². The predicted molar refractivity (Wildman–Crippen MR) is 127 cm³/mol. The molecule has 2 aromatic heterocycles. The molecule has 2 aliphatic heterocycles. The van der Waals surface area contributed by atoms with Crippen LogP contribution in [0.25, 0.3) is 0 Å². The zero-order valence-corrected chi connectivity index (χ0v) is 20.1. The van der Waals surface area contributed by atoms with Gasteiger partial charge in [0.25, 0.3) is 5.91 Å². The molecule has 34 heavy (non-hydrogen) atoms. The second-order valence-corrected chi connectivity index (χ2v) is 9.76. The molecule has 1 saturated carbocycles. The predicted octanol–water partition coefficient (Wildman–Crippen LogP) is 2.94. The summed E-state index contributed by atoms with van der Waals surface area (Å²) < 4.78 is 20.3. The van der Waals surface area contributed by atoms with Crippen molar-refractivity contribution in [3.05, 3.63) is 58.1 Å². The van der Waals surface area contributed by atoms with E-state index in [1.54, 1.807) is 11.6 Å². The molecule has 4 heterocycles. The van der Waals surface area contributed by atoms with Crippen molar-refractivity contribution in [3.8, 4) is 0 Å². The van der Waals surface area contributed by atoms with Gasteiger partial charge < -0.3 is 15.1 Å². The summed E-state index contributed by atoms with van der Waals surface area (Å²) in [5.74, 6) is -2.70. The quantitative estimate of drug-likeness (QED) is 0.583. The molecule has 1 aliphatic carbocycles. The van der Waals surface area contributed by atoms with Gasteiger partial charge in [-0.15, -0.1) is 11.3 Å². The van der Waals surface area contributed by atoms with Crippen LogP contribution in [-0.4, -0.2) is 63.7 Å². The van der Waals surface area contributed by atoms with Gasteiger partial charge >= 0.3 is 0 Å². The number of rotatable bonds is 7. The van der Waals surface area contributed by atoms with Crippen molar-refractivity contribution < 1.29 is 13.9 Å². The number of carbonyl (C=O) groups excluding carboxylic acids is 1. The van der Waals surface area contributed by atoms with E-state index in [2.05, 4.69) is 35.8 Å². The summed E-state index contributed by atoms with van der Waals surface area (Å²) in [5.41, 5.74) is 4.24. The molecule has 0 radical (unpaired) electrons. The van der Waals surface area contributed by atoms with Crippen molar-refractivity contribution >= 4 is 23.5 Å². The Labute approximate surface area is 201 Å². The monoisotopic (exact) mass is 485 g/mol. The maximum Gasteiger partial charge on any atom is 0.274 e. The fraction of sp³-hybridized carbons (Fsp3) is 0.478. The summed E-state index contributed by atoms with van der Waals surface area (Å²) in [5, 5.41) is 13.3. The van der Waals surface area contributed by atoms with Crippen LogP contribution in [0.4, 0.5) is 4.39 Å². The summed E-state index contributed by atoms with van der Waals surface area (Å²) in [7, 11) is 2.00. The zero-order valence-electron chi connectivity index (χ0n) is 19.3. The number of likely N-dealkylation sites (N-methyl/N-ethyl adjacent to an activating group) is 1. The number of nitrogens with one attached hydrogen (secondary N) is 2. The zero-order chi connectivity index (χ0) is 23.9. The Morgan fingerprint density at radius 3 is 2.91 bits per heavy atom. The van der Waals surface area contributed by atoms with Crippen molar-refractivity contribution in [2.75, 3.05) is 13.7 Å². The van der Waals surface area contributed by atoms with Crippen LogP contribution in [0, 0.1) is 0 Å². The normalized spacial score (nSPS) is 30.7. The van der Waals surface area contributed by atoms with Crippen LogP contribution in [0.5, 0.6) is 0 Å². The summed E-state index contributed by atoms with van der Waals surface area (Å²) in [6.45, 7) is 4.13. The van der Waals surface area contributed by atoms with Gasteiger partial charge in [-0.25, -0.2) is 14.4 Å². The summed E-state index contributed by atoms with van der Waals surface area (Å²) >= 11 is 1.25. The first-order valence-corrected chi connectivity index (χ1v) is 12.3. The lowest BCUT2D eigenvalue weighted by molar-refractivity contribution is -0.0937. The lowest BCUT2D eigenvalue weighted by Gasteiger charge is -2.44. The molecule has 180 valence electrons. The van der Waals surface area contributed by atoms with Gasteiger partial charge in [0.15, 0.2) is 0 Å². The first-order valence-electron chi connectivity index (χ1n) is 11.4. The lowest BCUT2D eigenvalue weighted by Crippen LogP contribution is -2.50. The van der Waals surface area contributed by atoms with Gasteiger partial charge in [-0.05, 0) is 38.8 Å². The van der Waals surface area contributed by atoms with E-state index in [1.165, 1.54) is 24.5 Å². The average Bonchev–Trinajstić information content (AvgIpc) is 3.48. The van der Waals surface area contributed by atoms with E-state index in [1.807, 2.05) is 38.4 Å². The molecule has 0 saturated heterocycles. The fourth-order valence-corrected chi connectivity index (χ4v) is 5.56. The minimum absolute atomic E-state index is 0.241. The van der Waals surface area contributed by atoms with Gasteiger partial charge in [0.1, 0.15) is 22.7 Å². The number of aromatic nitrogens is 2. The fourth-order valence-electron chi connectivity index (χ4n) is 4.59. The van der Waals surface area contributed by atoms with E-state index in [4.69, 9.17) is 4.74 Å². The molecule has 3 unspecified atom stereocenters. The third-order valence-electron chi connectivity index (χ3n) is 6.49. The van der Waals surface area contributed by atoms with Gasteiger partial charge in [-0.3, -0.25) is 15.2 Å². The van der Waals surface area contributed by atoms with Gasteiger partial charge in [-0.2, -0.15) is 5.10 Å². The highest BCUT2D eigenvalue weighted by Crippen LogP contribution is 2.39. The third kappa shape index (κ3) is 4.19. The molecule has 3 atom stereocenters. The van der Waals surface area contributed by atoms with Gasteiger partial charge in [-0.1, -0.05) is 6.07 Å². The first kappa shape index (κ1) is 22.9. The van der Waals surface area contributed by atoms with Crippen LogP contribution in [-0.2, 0) is 4.74 Å². The molecule has 2 aromatic rings. The molecule has 0 spiro atoms. The first-order chi connectivity index (χ1) is 16.4. The number of thiazole rings is 1. The molecule has 1 fully saturated rings. The molecule has 11 heteroatoms. The number of hydrazine groups is 1. The summed E-state index contributed by atoms with van der Waals surface area (Å²) in [6.07, 6.45) is 7.34. The number of ether oxygens (including phenoxy) is 1. The lowest BCUT2D eigenvalue weighted by atomic mass is 9.89. The van der Waals surface area contributed by atoms with Gasteiger partial charge in [0, 0.05) is 37.6 Å². The van der Waals surface area contributed by atoms with Gasteiger partial charge in [0.05, 0.1) is 23.5 Å². The average molecular weight is 486 g/mol. The number of hydrogen-bond acceptors (Lipinski definition) is 9. The Morgan fingerprint density at radius 2 is 2.24 bits per heavy atom. The molecular formula is C23H28FN7O2S. The minimum atomic E-state index is -1.73. The molecule has 3 aliphatic rings. The number of amides is 1. The van der Waals surface area contributed by atoms with E-state index >= 15 is 0 Å². The topological polar surface area (TPSA) is 95.0 Å². The number of carbonyl (C=O) groups is 1. The van der Waals surface area contributed by atoms with E-state index in [0.29, 0.717) is 17.7 Å². The maximum atomic E-state index is 14.6. The number of hydrogen-bond donors (Lipinski definition) is 2. The Hall–Kier alpha value is -2.89. The Bertz CT molecular complexity index is 1100. The molecule has 2 N–H and O–H groups in total. The number of alkyl halides is 1. The smallest absolute Gasteiger partial charge is 0.274 e. The van der Waals surface area contributed by atoms with Crippen LogP contribution in [0.1, 0.15) is 59.8 Å². The Kier molecular flexibility index (Phi) is 6.09. The largest absolute Gasteiger partial charge is 0.378 e. The highest BCUT2D eigenvalue weighted by molar-refractivity contribution is 7.10. The summed E-state index contributed by atoms with van der Waals surface area (Å²) in [6, 6.07) is 5.81. The molecule has 5 rings (SSSR count). The summed E-state index contributed by atoms with van der Waals surface area (Å²) in [4.78, 5) is 22.1. The highest BCUT2D eigenvalue weighted by atomic mass is 32.1. The van der Waals surface area contributed by atoms with E-state index in [0.717, 1.165) is 24.2 Å². The van der Waals surface area contributed by atoms with Crippen LogP contribution < -0.4 is 10.7 Å². The minimum Gasteiger partial charge on any atom is -0.378 e. The Morgan fingerprint density at radius 1 is 1.41 bits per heavy atom. The van der Waals surface area contributed by atoms with Crippen molar-refractivity contribution in [2.24, 2.45) is 5.10 Å². The van der Waals surface area contributed by atoms with Crippen LogP contribution in [0.15, 0.2) is 46.8 Å². The van der Waals surface area contributed by atoms with Crippen molar-refractivity contribution in [3.63, 3.8) is 0 Å². The molecular weight excluding hydrogens is 457 g/mol. The SMILES string of the molecule is CCOC1CC(N2C=C(NC(=O)c3csc(C4C=NNC4(C)F)n3)C(c3ccccn3)N2C)C1. The van der Waals surface area contributed by atoms with E-state index in [9.17, 15) is 9.18 Å². The molecule has 1 amide bonds. The third-order valence-corrected chi connectivity index (χ3v) is 7.42. The van der Waals surface area contributed by atoms with E-state index in [-0.39, 0.29) is 23.7 Å².